The third kappa shape index (κ3) is 5.71. The molecule has 0 radical (unpaired) electrons. The molecule has 3 N–H and O–H groups in total. The standard InChI is InChI=1S/C15H25N3/c1-12(2)8-10-17-15(16)18-11-9-14-7-5-4-6-13(14)3/h4-7,12H,8-11H2,1-3H3,(H3,16,17,18). The van der Waals surface area contributed by atoms with Crippen molar-refractivity contribution < 1.29 is 0 Å². The number of hydrogen-bond acceptors (Lipinski definition) is 1. The van der Waals surface area contributed by atoms with Gasteiger partial charge in [0.1, 0.15) is 0 Å². The molecule has 0 saturated carbocycles. The van der Waals surface area contributed by atoms with Gasteiger partial charge in [-0.2, -0.15) is 0 Å². The van der Waals surface area contributed by atoms with E-state index in [1.54, 1.807) is 0 Å². The SMILES string of the molecule is Cc1ccccc1CCNC(N)=NCCC(C)C. The molecule has 0 atom stereocenters. The van der Waals surface area contributed by atoms with Crippen LogP contribution < -0.4 is 11.1 Å². The summed E-state index contributed by atoms with van der Waals surface area (Å²) in [5, 5.41) is 3.16. The summed E-state index contributed by atoms with van der Waals surface area (Å²) in [5.41, 5.74) is 8.49. The predicted octanol–water partition coefficient (Wildman–Crippen LogP) is 2.49. The van der Waals surface area contributed by atoms with Gasteiger partial charge in [-0.3, -0.25) is 4.99 Å². The molecule has 0 aliphatic carbocycles. The Bertz CT molecular complexity index is 383. The molecular formula is C15H25N3. The van der Waals surface area contributed by atoms with Gasteiger partial charge in [-0.1, -0.05) is 38.1 Å². The molecule has 3 heteroatoms. The first-order chi connectivity index (χ1) is 8.59. The highest BCUT2D eigenvalue weighted by Crippen LogP contribution is 2.06. The topological polar surface area (TPSA) is 50.4 Å². The second-order valence-electron chi connectivity index (χ2n) is 5.05. The lowest BCUT2D eigenvalue weighted by Gasteiger charge is -2.08. The van der Waals surface area contributed by atoms with E-state index in [-0.39, 0.29) is 0 Å². The highest BCUT2D eigenvalue weighted by molar-refractivity contribution is 5.77. The number of aliphatic imine (C=N–C) groups is 1. The highest BCUT2D eigenvalue weighted by atomic mass is 15.1. The quantitative estimate of drug-likeness (QED) is 0.599. The number of guanidine groups is 1. The van der Waals surface area contributed by atoms with Crippen molar-refractivity contribution in [1.29, 1.82) is 0 Å². The van der Waals surface area contributed by atoms with Crippen LogP contribution in [0.15, 0.2) is 29.3 Å². The van der Waals surface area contributed by atoms with Crippen LogP contribution >= 0.6 is 0 Å². The van der Waals surface area contributed by atoms with Crippen LogP contribution in [0.4, 0.5) is 0 Å². The first-order valence-electron chi connectivity index (χ1n) is 6.68. The van der Waals surface area contributed by atoms with E-state index in [4.69, 9.17) is 5.73 Å². The van der Waals surface area contributed by atoms with E-state index in [2.05, 4.69) is 55.3 Å². The van der Waals surface area contributed by atoms with Crippen molar-refractivity contribution in [3.8, 4) is 0 Å². The largest absolute Gasteiger partial charge is 0.370 e. The van der Waals surface area contributed by atoms with E-state index >= 15 is 0 Å². The molecule has 0 heterocycles. The Kier molecular flexibility index (Phi) is 6.26. The summed E-state index contributed by atoms with van der Waals surface area (Å²) < 4.78 is 0. The molecule has 0 fully saturated rings. The van der Waals surface area contributed by atoms with Crippen molar-refractivity contribution in [2.45, 2.75) is 33.6 Å². The van der Waals surface area contributed by atoms with Crippen LogP contribution in [0.2, 0.25) is 0 Å². The maximum absolute atomic E-state index is 5.80. The minimum absolute atomic E-state index is 0.559. The van der Waals surface area contributed by atoms with Crippen LogP contribution in [0.25, 0.3) is 0 Å². The molecule has 0 saturated heterocycles. The fraction of sp³-hybridized carbons (Fsp3) is 0.533. The second-order valence-corrected chi connectivity index (χ2v) is 5.05. The minimum Gasteiger partial charge on any atom is -0.370 e. The van der Waals surface area contributed by atoms with Crippen LogP contribution in [0, 0.1) is 12.8 Å². The van der Waals surface area contributed by atoms with Gasteiger partial charge in [0.15, 0.2) is 5.96 Å². The molecule has 0 aliphatic heterocycles. The molecule has 1 rings (SSSR count). The lowest BCUT2D eigenvalue weighted by Crippen LogP contribution is -2.33. The van der Waals surface area contributed by atoms with Crippen molar-refractivity contribution in [2.24, 2.45) is 16.6 Å². The third-order valence-corrected chi connectivity index (χ3v) is 2.95. The molecule has 0 bridgehead atoms. The van der Waals surface area contributed by atoms with Crippen molar-refractivity contribution in [1.82, 2.24) is 5.32 Å². The van der Waals surface area contributed by atoms with Crippen LogP contribution in [-0.4, -0.2) is 19.0 Å². The normalized spacial score (nSPS) is 11.9. The average molecular weight is 247 g/mol. The Balaban J connectivity index is 2.27. The predicted molar refractivity (Wildman–Crippen MR) is 78.8 cm³/mol. The summed E-state index contributed by atoms with van der Waals surface area (Å²) >= 11 is 0. The van der Waals surface area contributed by atoms with Gasteiger partial charge in [-0.05, 0) is 36.8 Å². The van der Waals surface area contributed by atoms with Crippen LogP contribution in [-0.2, 0) is 6.42 Å². The van der Waals surface area contributed by atoms with Gasteiger partial charge in [0.25, 0.3) is 0 Å². The van der Waals surface area contributed by atoms with Crippen molar-refractivity contribution in [3.63, 3.8) is 0 Å². The number of nitrogens with two attached hydrogens (primary N) is 1. The van der Waals surface area contributed by atoms with Gasteiger partial charge >= 0.3 is 0 Å². The van der Waals surface area contributed by atoms with Crippen LogP contribution in [0.1, 0.15) is 31.4 Å². The number of hydrogen-bond donors (Lipinski definition) is 2. The monoisotopic (exact) mass is 247 g/mol. The Morgan fingerprint density at radius 1 is 1.33 bits per heavy atom. The zero-order valence-corrected chi connectivity index (χ0v) is 11.7. The van der Waals surface area contributed by atoms with Crippen LogP contribution in [0.3, 0.4) is 0 Å². The number of nitrogens with zero attached hydrogens (tertiary/aromatic N) is 1. The summed E-state index contributed by atoms with van der Waals surface area (Å²) in [6.45, 7) is 8.16. The van der Waals surface area contributed by atoms with Gasteiger partial charge in [0, 0.05) is 13.1 Å². The molecule has 0 spiro atoms. The molecule has 3 nitrogen and oxygen atoms in total. The zero-order valence-electron chi connectivity index (χ0n) is 11.7. The van der Waals surface area contributed by atoms with E-state index in [0.29, 0.717) is 11.9 Å². The van der Waals surface area contributed by atoms with Gasteiger partial charge in [-0.15, -0.1) is 0 Å². The van der Waals surface area contributed by atoms with E-state index < -0.39 is 0 Å². The van der Waals surface area contributed by atoms with Crippen molar-refractivity contribution in [2.75, 3.05) is 13.1 Å². The molecule has 0 unspecified atom stereocenters. The number of rotatable bonds is 6. The van der Waals surface area contributed by atoms with Crippen LogP contribution in [0.5, 0.6) is 0 Å². The summed E-state index contributed by atoms with van der Waals surface area (Å²) in [6.07, 6.45) is 2.06. The van der Waals surface area contributed by atoms with Gasteiger partial charge in [0.05, 0.1) is 0 Å². The Morgan fingerprint density at radius 2 is 2.06 bits per heavy atom. The van der Waals surface area contributed by atoms with Crippen molar-refractivity contribution in [3.05, 3.63) is 35.4 Å². The lowest BCUT2D eigenvalue weighted by molar-refractivity contribution is 0.595. The fourth-order valence-electron chi connectivity index (χ4n) is 1.71. The Labute approximate surface area is 111 Å². The highest BCUT2D eigenvalue weighted by Gasteiger charge is 1.98. The lowest BCUT2D eigenvalue weighted by atomic mass is 10.1. The van der Waals surface area contributed by atoms with E-state index in [1.807, 2.05) is 0 Å². The molecule has 0 amide bonds. The second kappa shape index (κ2) is 7.75. The minimum atomic E-state index is 0.559. The molecular weight excluding hydrogens is 222 g/mol. The first kappa shape index (κ1) is 14.6. The van der Waals surface area contributed by atoms with Crippen molar-refractivity contribution >= 4 is 5.96 Å². The maximum atomic E-state index is 5.80. The number of aryl methyl sites for hydroxylation is 1. The van der Waals surface area contributed by atoms with Gasteiger partial charge in [-0.25, -0.2) is 0 Å². The maximum Gasteiger partial charge on any atom is 0.188 e. The van der Waals surface area contributed by atoms with E-state index in [0.717, 1.165) is 25.9 Å². The first-order valence-corrected chi connectivity index (χ1v) is 6.68. The van der Waals surface area contributed by atoms with Gasteiger partial charge < -0.3 is 11.1 Å². The summed E-state index contributed by atoms with van der Waals surface area (Å²) in [5.74, 6) is 1.23. The molecule has 100 valence electrons. The molecule has 0 aliphatic rings. The third-order valence-electron chi connectivity index (χ3n) is 2.95. The summed E-state index contributed by atoms with van der Waals surface area (Å²) in [6, 6.07) is 8.43. The zero-order chi connectivity index (χ0) is 13.4. The van der Waals surface area contributed by atoms with E-state index in [1.165, 1.54) is 11.1 Å². The Hall–Kier alpha value is -1.51. The molecule has 0 aromatic heterocycles. The van der Waals surface area contributed by atoms with E-state index in [9.17, 15) is 0 Å². The fourth-order valence-corrected chi connectivity index (χ4v) is 1.71. The number of nitrogens with one attached hydrogen (secondary N) is 1. The smallest absolute Gasteiger partial charge is 0.188 e. The number of benzene rings is 1. The molecule has 18 heavy (non-hydrogen) atoms. The summed E-state index contributed by atoms with van der Waals surface area (Å²) in [7, 11) is 0. The Morgan fingerprint density at radius 3 is 2.72 bits per heavy atom. The summed E-state index contributed by atoms with van der Waals surface area (Å²) in [4.78, 5) is 4.30. The average Bonchev–Trinajstić information content (AvgIpc) is 2.31. The molecule has 1 aromatic rings. The molecule has 1 aromatic carbocycles. The van der Waals surface area contributed by atoms with Gasteiger partial charge in [0.2, 0.25) is 0 Å².